The van der Waals surface area contributed by atoms with Crippen LogP contribution in [0.1, 0.15) is 33.6 Å². The molecule has 17 heavy (non-hydrogen) atoms. The first-order valence-electron chi connectivity index (χ1n) is 7.17. The molecule has 0 radical (unpaired) electrons. The molecule has 1 fully saturated rings. The van der Waals surface area contributed by atoms with Crippen molar-refractivity contribution in [3.05, 3.63) is 0 Å². The van der Waals surface area contributed by atoms with Crippen molar-refractivity contribution in [2.75, 3.05) is 40.3 Å². The molecule has 1 heterocycles. The maximum absolute atomic E-state index is 3.54. The van der Waals surface area contributed by atoms with E-state index in [0.717, 1.165) is 25.0 Å². The van der Waals surface area contributed by atoms with Gasteiger partial charge in [0, 0.05) is 25.2 Å². The lowest BCUT2D eigenvalue weighted by molar-refractivity contribution is 0.179. The van der Waals surface area contributed by atoms with Crippen LogP contribution in [0.4, 0.5) is 0 Å². The van der Waals surface area contributed by atoms with Crippen molar-refractivity contribution in [1.29, 1.82) is 0 Å². The highest BCUT2D eigenvalue weighted by Crippen LogP contribution is 2.19. The van der Waals surface area contributed by atoms with Gasteiger partial charge in [0.2, 0.25) is 0 Å². The van der Waals surface area contributed by atoms with E-state index in [9.17, 15) is 0 Å². The molecule has 1 aliphatic rings. The summed E-state index contributed by atoms with van der Waals surface area (Å²) >= 11 is 0. The summed E-state index contributed by atoms with van der Waals surface area (Å²) in [4.78, 5) is 5.02. The minimum Gasteiger partial charge on any atom is -0.316 e. The molecule has 1 aliphatic heterocycles. The van der Waals surface area contributed by atoms with E-state index in [1.165, 1.54) is 25.9 Å². The average Bonchev–Trinajstić information content (AvgIpc) is 2.77. The van der Waals surface area contributed by atoms with E-state index >= 15 is 0 Å². The van der Waals surface area contributed by atoms with Gasteiger partial charge in [-0.1, -0.05) is 13.8 Å². The fraction of sp³-hybridized carbons (Fsp3) is 1.00. The number of rotatable bonds is 7. The summed E-state index contributed by atoms with van der Waals surface area (Å²) in [5.41, 5.74) is 0. The normalized spacial score (nSPS) is 25.4. The van der Waals surface area contributed by atoms with Gasteiger partial charge >= 0.3 is 0 Å². The second-order valence-electron chi connectivity index (χ2n) is 5.82. The van der Waals surface area contributed by atoms with Crippen LogP contribution in [0.2, 0.25) is 0 Å². The maximum atomic E-state index is 3.54. The number of nitrogens with zero attached hydrogens (tertiary/aromatic N) is 2. The molecule has 0 saturated carbocycles. The fourth-order valence-electron chi connectivity index (χ4n) is 2.60. The van der Waals surface area contributed by atoms with E-state index in [-0.39, 0.29) is 0 Å². The van der Waals surface area contributed by atoms with Crippen LogP contribution in [0.25, 0.3) is 0 Å². The number of likely N-dealkylation sites (N-methyl/N-ethyl adjacent to an activating group) is 1. The molecule has 1 saturated heterocycles. The van der Waals surface area contributed by atoms with Gasteiger partial charge < -0.3 is 10.2 Å². The first kappa shape index (κ1) is 14.9. The minimum absolute atomic E-state index is 0.698. The van der Waals surface area contributed by atoms with Crippen molar-refractivity contribution in [3.63, 3.8) is 0 Å². The van der Waals surface area contributed by atoms with Crippen LogP contribution in [-0.4, -0.2) is 62.2 Å². The summed E-state index contributed by atoms with van der Waals surface area (Å²) in [6.07, 6.45) is 2.56. The van der Waals surface area contributed by atoms with Gasteiger partial charge in [-0.2, -0.15) is 0 Å². The van der Waals surface area contributed by atoms with Crippen molar-refractivity contribution >= 4 is 0 Å². The van der Waals surface area contributed by atoms with Crippen molar-refractivity contribution < 1.29 is 0 Å². The number of nitrogens with one attached hydrogen (secondary N) is 1. The predicted molar refractivity (Wildman–Crippen MR) is 75.5 cm³/mol. The second-order valence-corrected chi connectivity index (χ2v) is 5.82. The molecule has 0 aromatic carbocycles. The molecule has 0 aromatic rings. The first-order chi connectivity index (χ1) is 8.06. The van der Waals surface area contributed by atoms with Gasteiger partial charge in [-0.05, 0) is 52.9 Å². The Bertz CT molecular complexity index is 206. The SMILES string of the molecule is CCCNCC(C)C(C)N1CCC(N(C)C)C1. The highest BCUT2D eigenvalue weighted by molar-refractivity contribution is 4.85. The minimum atomic E-state index is 0.698. The van der Waals surface area contributed by atoms with Crippen LogP contribution in [0.5, 0.6) is 0 Å². The number of likely N-dealkylation sites (tertiary alicyclic amines) is 1. The molecule has 3 nitrogen and oxygen atoms in total. The lowest BCUT2D eigenvalue weighted by Crippen LogP contribution is -2.41. The lowest BCUT2D eigenvalue weighted by atomic mass is 10.0. The van der Waals surface area contributed by atoms with Gasteiger partial charge in [-0.15, -0.1) is 0 Å². The first-order valence-corrected chi connectivity index (χ1v) is 7.17. The van der Waals surface area contributed by atoms with Crippen LogP contribution in [0.15, 0.2) is 0 Å². The third-order valence-electron chi connectivity index (χ3n) is 4.22. The van der Waals surface area contributed by atoms with E-state index in [4.69, 9.17) is 0 Å². The van der Waals surface area contributed by atoms with E-state index in [0.29, 0.717) is 6.04 Å². The van der Waals surface area contributed by atoms with Gasteiger partial charge in [0.1, 0.15) is 0 Å². The Balaban J connectivity index is 2.30. The molecule has 0 spiro atoms. The van der Waals surface area contributed by atoms with Crippen molar-refractivity contribution in [2.24, 2.45) is 5.92 Å². The standard InChI is InChI=1S/C14H31N3/c1-6-8-15-10-12(2)13(3)17-9-7-14(11-17)16(4)5/h12-15H,6-11H2,1-5H3. The van der Waals surface area contributed by atoms with Crippen LogP contribution >= 0.6 is 0 Å². The Labute approximate surface area is 108 Å². The van der Waals surface area contributed by atoms with Gasteiger partial charge in [0.15, 0.2) is 0 Å². The van der Waals surface area contributed by atoms with Crippen molar-refractivity contribution in [1.82, 2.24) is 15.1 Å². The van der Waals surface area contributed by atoms with Gasteiger partial charge in [0.25, 0.3) is 0 Å². The van der Waals surface area contributed by atoms with E-state index in [1.54, 1.807) is 0 Å². The third kappa shape index (κ3) is 4.57. The molecule has 3 atom stereocenters. The summed E-state index contributed by atoms with van der Waals surface area (Å²) in [7, 11) is 4.40. The topological polar surface area (TPSA) is 18.5 Å². The summed E-state index contributed by atoms with van der Waals surface area (Å²) in [6.45, 7) is 11.8. The molecular formula is C14H31N3. The van der Waals surface area contributed by atoms with Gasteiger partial charge in [-0.25, -0.2) is 0 Å². The quantitative estimate of drug-likeness (QED) is 0.684. The van der Waals surface area contributed by atoms with E-state index < -0.39 is 0 Å². The maximum Gasteiger partial charge on any atom is 0.0229 e. The largest absolute Gasteiger partial charge is 0.316 e. The Kier molecular flexibility index (Phi) is 6.45. The zero-order valence-corrected chi connectivity index (χ0v) is 12.4. The molecule has 1 N–H and O–H groups in total. The summed E-state index contributed by atoms with van der Waals surface area (Å²) < 4.78 is 0. The predicted octanol–water partition coefficient (Wildman–Crippen LogP) is 1.65. The highest BCUT2D eigenvalue weighted by Gasteiger charge is 2.29. The van der Waals surface area contributed by atoms with Crippen LogP contribution < -0.4 is 5.32 Å². The Morgan fingerprint density at radius 3 is 2.59 bits per heavy atom. The smallest absolute Gasteiger partial charge is 0.0229 e. The molecule has 0 amide bonds. The molecule has 3 heteroatoms. The van der Waals surface area contributed by atoms with Crippen LogP contribution in [-0.2, 0) is 0 Å². The van der Waals surface area contributed by atoms with Crippen LogP contribution in [0, 0.1) is 5.92 Å². The molecule has 102 valence electrons. The van der Waals surface area contributed by atoms with E-state index in [1.807, 2.05) is 0 Å². The number of hydrogen-bond acceptors (Lipinski definition) is 3. The highest BCUT2D eigenvalue weighted by atomic mass is 15.2. The molecule has 0 aromatic heterocycles. The van der Waals surface area contributed by atoms with Crippen LogP contribution in [0.3, 0.4) is 0 Å². The Morgan fingerprint density at radius 1 is 1.35 bits per heavy atom. The molecule has 0 aliphatic carbocycles. The lowest BCUT2D eigenvalue weighted by Gasteiger charge is -2.30. The molecule has 1 rings (SSSR count). The van der Waals surface area contributed by atoms with Crippen molar-refractivity contribution in [3.8, 4) is 0 Å². The monoisotopic (exact) mass is 241 g/mol. The third-order valence-corrected chi connectivity index (χ3v) is 4.22. The van der Waals surface area contributed by atoms with Gasteiger partial charge in [-0.3, -0.25) is 4.90 Å². The molecule has 3 unspecified atom stereocenters. The number of hydrogen-bond donors (Lipinski definition) is 1. The Hall–Kier alpha value is -0.120. The zero-order valence-electron chi connectivity index (χ0n) is 12.4. The Morgan fingerprint density at radius 2 is 2.06 bits per heavy atom. The molecule has 0 bridgehead atoms. The fourth-order valence-corrected chi connectivity index (χ4v) is 2.60. The summed E-state index contributed by atoms with van der Waals surface area (Å²) in [5.74, 6) is 0.738. The van der Waals surface area contributed by atoms with E-state index in [2.05, 4.69) is 50.0 Å². The second kappa shape index (κ2) is 7.34. The van der Waals surface area contributed by atoms with Gasteiger partial charge in [0.05, 0.1) is 0 Å². The molecular weight excluding hydrogens is 210 g/mol. The summed E-state index contributed by atoms with van der Waals surface area (Å²) in [5, 5.41) is 3.54. The van der Waals surface area contributed by atoms with Crippen molar-refractivity contribution in [2.45, 2.75) is 45.7 Å². The summed E-state index contributed by atoms with van der Waals surface area (Å²) in [6, 6.07) is 1.46. The average molecular weight is 241 g/mol. The zero-order chi connectivity index (χ0) is 12.8.